The molecule has 1 saturated heterocycles. The molecule has 0 radical (unpaired) electrons. The lowest BCUT2D eigenvalue weighted by atomic mass is 10.2. The van der Waals surface area contributed by atoms with Gasteiger partial charge in [-0.05, 0) is 12.8 Å². The van der Waals surface area contributed by atoms with Crippen LogP contribution in [0.1, 0.15) is 25.7 Å². The molecule has 1 aliphatic heterocycles. The van der Waals surface area contributed by atoms with Crippen molar-refractivity contribution in [2.24, 2.45) is 5.73 Å². The van der Waals surface area contributed by atoms with Gasteiger partial charge in [0.1, 0.15) is 0 Å². The first-order valence-electron chi connectivity index (χ1n) is 6.71. The van der Waals surface area contributed by atoms with Crippen molar-refractivity contribution in [2.75, 3.05) is 32.7 Å². The van der Waals surface area contributed by atoms with E-state index < -0.39 is 0 Å². The maximum atomic E-state index is 12.0. The van der Waals surface area contributed by atoms with E-state index in [9.17, 15) is 4.79 Å². The molecule has 3 N–H and O–H groups in total. The highest BCUT2D eigenvalue weighted by Crippen LogP contribution is 2.18. The van der Waals surface area contributed by atoms with Crippen LogP contribution >= 0.6 is 12.2 Å². The fourth-order valence-corrected chi connectivity index (χ4v) is 2.85. The third-order valence-electron chi connectivity index (χ3n) is 3.72. The van der Waals surface area contributed by atoms with E-state index in [4.69, 9.17) is 18.0 Å². The Morgan fingerprint density at radius 3 is 2.39 bits per heavy atom. The van der Waals surface area contributed by atoms with Crippen molar-refractivity contribution in [3.05, 3.63) is 0 Å². The summed E-state index contributed by atoms with van der Waals surface area (Å²) in [6.45, 7) is 3.90. The Balaban J connectivity index is 1.71. The molecule has 5 nitrogen and oxygen atoms in total. The molecule has 0 spiro atoms. The van der Waals surface area contributed by atoms with Gasteiger partial charge in [-0.3, -0.25) is 4.90 Å². The molecule has 0 aromatic heterocycles. The van der Waals surface area contributed by atoms with Gasteiger partial charge in [0.05, 0.1) is 4.99 Å². The fourth-order valence-electron chi connectivity index (χ4n) is 2.67. The molecule has 6 heteroatoms. The van der Waals surface area contributed by atoms with Crippen molar-refractivity contribution in [2.45, 2.75) is 31.7 Å². The van der Waals surface area contributed by atoms with Crippen molar-refractivity contribution in [3.8, 4) is 0 Å². The van der Waals surface area contributed by atoms with Crippen LogP contribution in [0.4, 0.5) is 4.79 Å². The number of urea groups is 1. The van der Waals surface area contributed by atoms with E-state index in [1.807, 2.05) is 4.90 Å². The van der Waals surface area contributed by atoms with Crippen LogP contribution in [-0.2, 0) is 0 Å². The van der Waals surface area contributed by atoms with Crippen molar-refractivity contribution in [1.82, 2.24) is 15.1 Å². The van der Waals surface area contributed by atoms with Crippen LogP contribution in [0.3, 0.4) is 0 Å². The Kier molecular flexibility index (Phi) is 4.77. The number of nitrogens with one attached hydrogen (secondary N) is 1. The van der Waals surface area contributed by atoms with E-state index in [2.05, 4.69) is 10.2 Å². The fraction of sp³-hybridized carbons (Fsp3) is 0.833. The predicted molar refractivity (Wildman–Crippen MR) is 75.6 cm³/mol. The molecule has 0 aromatic rings. The number of carbonyl (C=O) groups is 1. The van der Waals surface area contributed by atoms with Crippen LogP contribution in [0.5, 0.6) is 0 Å². The second kappa shape index (κ2) is 6.33. The molecule has 2 fully saturated rings. The SMILES string of the molecule is NC(=S)CN1CCN(C(=O)NC2CCCC2)CC1. The highest BCUT2D eigenvalue weighted by atomic mass is 32.1. The van der Waals surface area contributed by atoms with Gasteiger partial charge >= 0.3 is 6.03 Å². The van der Waals surface area contributed by atoms with E-state index in [0.29, 0.717) is 17.6 Å². The van der Waals surface area contributed by atoms with E-state index in [-0.39, 0.29) is 6.03 Å². The summed E-state index contributed by atoms with van der Waals surface area (Å²) < 4.78 is 0. The summed E-state index contributed by atoms with van der Waals surface area (Å²) in [5.74, 6) is 0. The monoisotopic (exact) mass is 270 g/mol. The van der Waals surface area contributed by atoms with Crippen LogP contribution in [0.2, 0.25) is 0 Å². The van der Waals surface area contributed by atoms with E-state index >= 15 is 0 Å². The molecule has 18 heavy (non-hydrogen) atoms. The van der Waals surface area contributed by atoms with Crippen molar-refractivity contribution >= 4 is 23.2 Å². The molecule has 2 rings (SSSR count). The summed E-state index contributed by atoms with van der Waals surface area (Å²) in [6, 6.07) is 0.490. The highest BCUT2D eigenvalue weighted by molar-refractivity contribution is 7.80. The van der Waals surface area contributed by atoms with Gasteiger partial charge in [0.25, 0.3) is 0 Å². The molecule has 0 unspecified atom stereocenters. The van der Waals surface area contributed by atoms with Gasteiger partial charge in [-0.25, -0.2) is 4.79 Å². The molecule has 0 aromatic carbocycles. The highest BCUT2D eigenvalue weighted by Gasteiger charge is 2.24. The van der Waals surface area contributed by atoms with Crippen LogP contribution in [-0.4, -0.2) is 59.6 Å². The summed E-state index contributed by atoms with van der Waals surface area (Å²) in [6.07, 6.45) is 4.75. The summed E-state index contributed by atoms with van der Waals surface area (Å²) in [7, 11) is 0. The normalized spacial score (nSPS) is 22.1. The third-order valence-corrected chi connectivity index (χ3v) is 3.85. The van der Waals surface area contributed by atoms with Crippen molar-refractivity contribution < 1.29 is 4.79 Å². The first-order chi connectivity index (χ1) is 8.65. The molecule has 0 bridgehead atoms. The maximum Gasteiger partial charge on any atom is 0.317 e. The number of hydrogen-bond acceptors (Lipinski definition) is 3. The summed E-state index contributed by atoms with van der Waals surface area (Å²) in [5, 5.41) is 3.12. The standard InChI is InChI=1S/C12H22N4OS/c13-11(18)9-15-5-7-16(8-6-15)12(17)14-10-3-1-2-4-10/h10H,1-9H2,(H2,13,18)(H,14,17). The number of nitrogens with zero attached hydrogens (tertiary/aromatic N) is 2. The number of amides is 2. The minimum Gasteiger partial charge on any atom is -0.392 e. The van der Waals surface area contributed by atoms with Crippen LogP contribution in [0.25, 0.3) is 0 Å². The maximum absolute atomic E-state index is 12.0. The average molecular weight is 270 g/mol. The first kappa shape index (κ1) is 13.5. The third kappa shape index (κ3) is 3.81. The van der Waals surface area contributed by atoms with E-state index in [1.54, 1.807) is 0 Å². The molecule has 0 atom stereocenters. The number of rotatable bonds is 3. The molecular formula is C12H22N4OS. The van der Waals surface area contributed by atoms with Crippen LogP contribution in [0, 0.1) is 0 Å². The average Bonchev–Trinajstić information content (AvgIpc) is 2.82. The number of piperazine rings is 1. The zero-order valence-corrected chi connectivity index (χ0v) is 11.5. The quantitative estimate of drug-likeness (QED) is 0.735. The lowest BCUT2D eigenvalue weighted by molar-refractivity contribution is 0.146. The van der Waals surface area contributed by atoms with E-state index in [1.165, 1.54) is 12.8 Å². The smallest absolute Gasteiger partial charge is 0.317 e. The molecule has 1 aliphatic carbocycles. The molecule has 102 valence electrons. The van der Waals surface area contributed by atoms with Crippen LogP contribution < -0.4 is 11.1 Å². The minimum absolute atomic E-state index is 0.0943. The molecular weight excluding hydrogens is 248 g/mol. The lowest BCUT2D eigenvalue weighted by Crippen LogP contribution is -2.54. The van der Waals surface area contributed by atoms with Crippen molar-refractivity contribution in [1.29, 1.82) is 0 Å². The van der Waals surface area contributed by atoms with Gasteiger partial charge in [0, 0.05) is 38.8 Å². The topological polar surface area (TPSA) is 61.6 Å². The number of carbonyl (C=O) groups excluding carboxylic acids is 1. The van der Waals surface area contributed by atoms with Gasteiger partial charge in [-0.15, -0.1) is 0 Å². The Morgan fingerprint density at radius 1 is 1.22 bits per heavy atom. The van der Waals surface area contributed by atoms with Gasteiger partial charge < -0.3 is 16.0 Å². The second-order valence-electron chi connectivity index (χ2n) is 5.16. The molecule has 2 amide bonds. The molecule has 1 heterocycles. The van der Waals surface area contributed by atoms with Gasteiger partial charge in [-0.2, -0.15) is 0 Å². The zero-order chi connectivity index (χ0) is 13.0. The molecule has 1 saturated carbocycles. The van der Waals surface area contributed by atoms with E-state index in [0.717, 1.165) is 39.0 Å². The number of nitrogens with two attached hydrogens (primary N) is 1. The Hall–Kier alpha value is -0.880. The number of hydrogen-bond donors (Lipinski definition) is 2. The zero-order valence-electron chi connectivity index (χ0n) is 10.7. The Bertz CT molecular complexity index is 309. The van der Waals surface area contributed by atoms with Crippen LogP contribution in [0.15, 0.2) is 0 Å². The van der Waals surface area contributed by atoms with Gasteiger partial charge in [-0.1, -0.05) is 25.1 Å². The summed E-state index contributed by atoms with van der Waals surface area (Å²) in [5.41, 5.74) is 5.52. The van der Waals surface area contributed by atoms with Gasteiger partial charge in [0.15, 0.2) is 0 Å². The lowest BCUT2D eigenvalue weighted by Gasteiger charge is -2.35. The van der Waals surface area contributed by atoms with Gasteiger partial charge in [0.2, 0.25) is 0 Å². The minimum atomic E-state index is 0.0943. The number of thiocarbonyl (C=S) groups is 1. The second-order valence-corrected chi connectivity index (χ2v) is 5.68. The summed E-state index contributed by atoms with van der Waals surface area (Å²) in [4.78, 5) is 16.6. The first-order valence-corrected chi connectivity index (χ1v) is 7.12. The molecule has 2 aliphatic rings. The predicted octanol–water partition coefficient (Wildman–Crippen LogP) is 0.542. The largest absolute Gasteiger partial charge is 0.392 e. The summed E-state index contributed by atoms with van der Waals surface area (Å²) >= 11 is 4.90. The Morgan fingerprint density at radius 2 is 1.83 bits per heavy atom. The Labute approximate surface area is 114 Å². The van der Waals surface area contributed by atoms with Crippen molar-refractivity contribution in [3.63, 3.8) is 0 Å².